The summed E-state index contributed by atoms with van der Waals surface area (Å²) in [6, 6.07) is 0. The number of amides is 1. The summed E-state index contributed by atoms with van der Waals surface area (Å²) in [5, 5.41) is 3.06. The van der Waals surface area contributed by atoms with Gasteiger partial charge < -0.3 is 0 Å². The molecule has 2 heterocycles. The molecule has 98 valence electrons. The Bertz CT molecular complexity index is 498. The highest BCUT2D eigenvalue weighted by Crippen LogP contribution is 2.38. The molecule has 2 rings (SSSR count). The average Bonchev–Trinajstić information content (AvgIpc) is 2.56. The van der Waals surface area contributed by atoms with Crippen LogP contribution in [0.15, 0.2) is 21.7 Å². The highest BCUT2D eigenvalue weighted by atomic mass is 19.4. The number of rotatable bonds is 0. The van der Waals surface area contributed by atoms with E-state index in [-0.39, 0.29) is 6.08 Å². The van der Waals surface area contributed by atoms with Crippen molar-refractivity contribution < 1.29 is 31.1 Å². The molecule has 0 aromatic heterocycles. The van der Waals surface area contributed by atoms with Crippen LogP contribution < -0.4 is 5.43 Å². The lowest BCUT2D eigenvalue weighted by Gasteiger charge is -2.21. The van der Waals surface area contributed by atoms with E-state index in [1.807, 2.05) is 0 Å². The fourth-order valence-corrected chi connectivity index (χ4v) is 1.51. The van der Waals surface area contributed by atoms with Crippen molar-refractivity contribution in [3.8, 4) is 0 Å². The van der Waals surface area contributed by atoms with Gasteiger partial charge in [-0.1, -0.05) is 0 Å². The number of carbonyl (C=O) groups excluding carboxylic acids is 1. The lowest BCUT2D eigenvalue weighted by atomic mass is 9.93. The Morgan fingerprint density at radius 3 is 2.22 bits per heavy atom. The molecule has 2 aliphatic heterocycles. The minimum absolute atomic E-state index is 0.172. The lowest BCUT2D eigenvalue weighted by molar-refractivity contribution is -0.126. The van der Waals surface area contributed by atoms with E-state index in [0.29, 0.717) is 0 Å². The van der Waals surface area contributed by atoms with Crippen LogP contribution in [-0.2, 0) is 4.79 Å². The van der Waals surface area contributed by atoms with Gasteiger partial charge in [0.15, 0.2) is 5.84 Å². The van der Waals surface area contributed by atoms with E-state index >= 15 is 0 Å². The summed E-state index contributed by atoms with van der Waals surface area (Å²) in [5.74, 6) is -3.92. The molecule has 18 heavy (non-hydrogen) atoms. The molecule has 1 atom stereocenters. The molecule has 4 nitrogen and oxygen atoms in total. The zero-order valence-corrected chi connectivity index (χ0v) is 8.23. The first-order valence-electron chi connectivity index (χ1n) is 4.43. The van der Waals surface area contributed by atoms with Crippen LogP contribution in [0.25, 0.3) is 0 Å². The number of amidine groups is 1. The maximum absolute atomic E-state index is 12.6. The quantitative estimate of drug-likeness (QED) is 0.668. The first kappa shape index (κ1) is 12.6. The van der Waals surface area contributed by atoms with Crippen molar-refractivity contribution in [1.29, 1.82) is 0 Å². The van der Waals surface area contributed by atoms with Gasteiger partial charge in [-0.05, 0) is 6.08 Å². The molecule has 0 aliphatic carbocycles. The van der Waals surface area contributed by atoms with E-state index in [4.69, 9.17) is 0 Å². The summed E-state index contributed by atoms with van der Waals surface area (Å²) in [6.07, 6.45) is -10.3. The Hall–Kier alpha value is -1.87. The van der Waals surface area contributed by atoms with Crippen molar-refractivity contribution >= 4 is 17.5 Å². The number of fused-ring (bicyclic) bond motifs is 1. The summed E-state index contributed by atoms with van der Waals surface area (Å²) in [6.45, 7) is 0. The molecular formula is C8H3F6N3O. The predicted molar refractivity (Wildman–Crippen MR) is 46.7 cm³/mol. The summed E-state index contributed by atoms with van der Waals surface area (Å²) in [5.41, 5.74) is -1.69. The molecule has 1 N–H and O–H groups in total. The summed E-state index contributed by atoms with van der Waals surface area (Å²) < 4.78 is 74.8. The van der Waals surface area contributed by atoms with Crippen LogP contribution in [0.2, 0.25) is 0 Å². The number of alkyl halides is 6. The van der Waals surface area contributed by atoms with Gasteiger partial charge in [0.05, 0.1) is 5.57 Å². The van der Waals surface area contributed by atoms with Crippen LogP contribution in [0.4, 0.5) is 26.3 Å². The number of nitrogens with one attached hydrogen (secondary N) is 1. The average molecular weight is 271 g/mol. The minimum Gasteiger partial charge on any atom is -0.272 e. The molecule has 1 unspecified atom stereocenters. The maximum atomic E-state index is 12.6. The molecule has 0 spiro atoms. The number of nitrogens with zero attached hydrogens (tertiary/aromatic N) is 2. The molecule has 0 saturated heterocycles. The maximum Gasteiger partial charge on any atom is 0.433 e. The number of hydrogen-bond acceptors (Lipinski definition) is 3. The standard InChI is InChI=1S/C8H3F6N3O/c9-7(10,11)2-1-3(8(12,13)14)15-5-4(2)6(18)17-16-5/h1,4H,(H,17,18). The van der Waals surface area contributed by atoms with Crippen LogP contribution in [0.5, 0.6) is 0 Å². The largest absolute Gasteiger partial charge is 0.433 e. The number of halogens is 6. The highest BCUT2D eigenvalue weighted by Gasteiger charge is 2.51. The van der Waals surface area contributed by atoms with Gasteiger partial charge in [-0.3, -0.25) is 4.79 Å². The number of dihydropyridines is 1. The number of allylic oxidation sites excluding steroid dienone is 1. The molecule has 0 aromatic carbocycles. The van der Waals surface area contributed by atoms with Gasteiger partial charge in [0.2, 0.25) is 0 Å². The first-order chi connectivity index (χ1) is 8.10. The molecular weight excluding hydrogens is 268 g/mol. The fraction of sp³-hybridized carbons (Fsp3) is 0.375. The predicted octanol–water partition coefficient (Wildman–Crippen LogP) is 1.55. The number of hydrazone groups is 1. The molecule has 10 heteroatoms. The van der Waals surface area contributed by atoms with Gasteiger partial charge >= 0.3 is 12.4 Å². The Morgan fingerprint density at radius 2 is 1.72 bits per heavy atom. The Labute approximate surface area is 95.1 Å². The Kier molecular flexibility index (Phi) is 2.49. The van der Waals surface area contributed by atoms with E-state index in [9.17, 15) is 31.1 Å². The van der Waals surface area contributed by atoms with Crippen molar-refractivity contribution in [3.05, 3.63) is 11.6 Å². The third kappa shape index (κ3) is 1.97. The number of carbonyl (C=O) groups is 1. The topological polar surface area (TPSA) is 53.8 Å². The highest BCUT2D eigenvalue weighted by molar-refractivity contribution is 6.19. The van der Waals surface area contributed by atoms with Gasteiger partial charge in [0, 0.05) is 0 Å². The molecule has 1 amide bonds. The zero-order valence-electron chi connectivity index (χ0n) is 8.23. The second-order valence-electron chi connectivity index (χ2n) is 3.47. The van der Waals surface area contributed by atoms with E-state index in [1.54, 1.807) is 5.43 Å². The van der Waals surface area contributed by atoms with Crippen LogP contribution in [-0.4, -0.2) is 29.8 Å². The molecule has 2 aliphatic rings. The summed E-state index contributed by atoms with van der Waals surface area (Å²) in [7, 11) is 0. The van der Waals surface area contributed by atoms with Crippen molar-refractivity contribution in [2.75, 3.05) is 0 Å². The van der Waals surface area contributed by atoms with E-state index in [0.717, 1.165) is 0 Å². The van der Waals surface area contributed by atoms with Gasteiger partial charge in [0.25, 0.3) is 5.91 Å². The second-order valence-corrected chi connectivity index (χ2v) is 3.47. The lowest BCUT2D eigenvalue weighted by Crippen LogP contribution is -2.37. The first-order valence-corrected chi connectivity index (χ1v) is 4.43. The van der Waals surface area contributed by atoms with Crippen LogP contribution in [0.3, 0.4) is 0 Å². The summed E-state index contributed by atoms with van der Waals surface area (Å²) in [4.78, 5) is 14.0. The SMILES string of the molecule is O=C1NN=C2N=C(C(F)(F)F)C=C(C(F)(F)F)C12. The fourth-order valence-electron chi connectivity index (χ4n) is 1.51. The van der Waals surface area contributed by atoms with Gasteiger partial charge in [-0.2, -0.15) is 31.4 Å². The van der Waals surface area contributed by atoms with Crippen LogP contribution >= 0.6 is 0 Å². The summed E-state index contributed by atoms with van der Waals surface area (Å²) >= 11 is 0. The van der Waals surface area contributed by atoms with E-state index < -0.39 is 41.3 Å². The molecule has 0 saturated carbocycles. The van der Waals surface area contributed by atoms with Crippen molar-refractivity contribution in [2.24, 2.45) is 16.0 Å². The van der Waals surface area contributed by atoms with Crippen molar-refractivity contribution in [2.45, 2.75) is 12.4 Å². The third-order valence-corrected chi connectivity index (χ3v) is 2.26. The normalized spacial score (nSPS) is 24.0. The van der Waals surface area contributed by atoms with Crippen molar-refractivity contribution in [1.82, 2.24) is 5.43 Å². The Morgan fingerprint density at radius 1 is 1.11 bits per heavy atom. The van der Waals surface area contributed by atoms with Crippen molar-refractivity contribution in [3.63, 3.8) is 0 Å². The Balaban J connectivity index is 2.54. The van der Waals surface area contributed by atoms with E-state index in [2.05, 4.69) is 10.1 Å². The monoisotopic (exact) mass is 271 g/mol. The molecule has 0 fully saturated rings. The minimum atomic E-state index is -5.07. The second kappa shape index (κ2) is 3.56. The molecule has 0 aromatic rings. The van der Waals surface area contributed by atoms with Gasteiger partial charge in [-0.25, -0.2) is 10.4 Å². The van der Waals surface area contributed by atoms with E-state index in [1.165, 1.54) is 0 Å². The molecule has 0 radical (unpaired) electrons. The zero-order chi connectivity index (χ0) is 13.7. The van der Waals surface area contributed by atoms with Gasteiger partial charge in [0.1, 0.15) is 11.6 Å². The number of hydrogen-bond donors (Lipinski definition) is 1. The van der Waals surface area contributed by atoms with Gasteiger partial charge in [-0.15, -0.1) is 0 Å². The smallest absolute Gasteiger partial charge is 0.272 e. The molecule has 0 bridgehead atoms. The van der Waals surface area contributed by atoms with Crippen LogP contribution in [0, 0.1) is 5.92 Å². The third-order valence-electron chi connectivity index (χ3n) is 2.26. The number of aliphatic imine (C=N–C) groups is 1. The van der Waals surface area contributed by atoms with Crippen LogP contribution in [0.1, 0.15) is 0 Å².